The predicted molar refractivity (Wildman–Crippen MR) is 96.4 cm³/mol. The van der Waals surface area contributed by atoms with Crippen molar-refractivity contribution in [3.63, 3.8) is 0 Å². The van der Waals surface area contributed by atoms with Gasteiger partial charge in [-0.05, 0) is 31.0 Å². The van der Waals surface area contributed by atoms with E-state index in [4.69, 9.17) is 4.42 Å². The molecule has 3 rings (SSSR count). The molecule has 0 aliphatic carbocycles. The van der Waals surface area contributed by atoms with Gasteiger partial charge in [-0.3, -0.25) is 25.2 Å². The van der Waals surface area contributed by atoms with E-state index in [-0.39, 0.29) is 24.4 Å². The van der Waals surface area contributed by atoms with Crippen LogP contribution in [0.2, 0.25) is 0 Å². The van der Waals surface area contributed by atoms with Crippen LogP contribution < -0.4 is 16.4 Å². The third kappa shape index (κ3) is 3.66. The summed E-state index contributed by atoms with van der Waals surface area (Å²) in [6, 6.07) is 8.51. The van der Waals surface area contributed by atoms with Crippen molar-refractivity contribution in [1.82, 2.24) is 15.4 Å². The normalized spacial score (nSPS) is 10.7. The van der Waals surface area contributed by atoms with E-state index in [0.717, 1.165) is 27.7 Å². The number of carbonyl (C=O) groups excluding carboxylic acids is 2. The fraction of sp³-hybridized carbons (Fsp3) is 0.211. The van der Waals surface area contributed by atoms with E-state index in [2.05, 4.69) is 10.9 Å². The highest BCUT2D eigenvalue weighted by Gasteiger charge is 2.13. The lowest BCUT2D eigenvalue weighted by Crippen LogP contribution is -2.44. The Hall–Kier alpha value is -3.35. The highest BCUT2D eigenvalue weighted by atomic mass is 16.3. The first-order valence-corrected chi connectivity index (χ1v) is 8.15. The summed E-state index contributed by atoms with van der Waals surface area (Å²) in [6.07, 6.45) is 3.13. The average Bonchev–Trinajstić information content (AvgIpc) is 3.02. The zero-order valence-electron chi connectivity index (χ0n) is 14.5. The second-order valence-electron chi connectivity index (χ2n) is 6.08. The number of carbonyl (C=O) groups is 2. The van der Waals surface area contributed by atoms with Gasteiger partial charge in [0.2, 0.25) is 5.91 Å². The fourth-order valence-electron chi connectivity index (χ4n) is 2.67. The van der Waals surface area contributed by atoms with E-state index in [1.807, 2.05) is 26.0 Å². The molecule has 0 aliphatic heterocycles. The molecule has 7 heteroatoms. The summed E-state index contributed by atoms with van der Waals surface area (Å²) in [5.41, 5.74) is 8.04. The number of rotatable bonds is 4. The Morgan fingerprint density at radius 1 is 1.08 bits per heavy atom. The highest BCUT2D eigenvalue weighted by molar-refractivity contribution is 5.90. The Kier molecular flexibility index (Phi) is 4.88. The van der Waals surface area contributed by atoms with Crippen molar-refractivity contribution in [3.8, 4) is 0 Å². The van der Waals surface area contributed by atoms with Crippen molar-refractivity contribution in [1.29, 1.82) is 0 Å². The van der Waals surface area contributed by atoms with E-state index in [1.54, 1.807) is 18.4 Å². The Morgan fingerprint density at radius 3 is 2.62 bits per heavy atom. The summed E-state index contributed by atoms with van der Waals surface area (Å²) in [4.78, 5) is 35.5. The molecule has 0 radical (unpaired) electrons. The van der Waals surface area contributed by atoms with Crippen molar-refractivity contribution in [2.45, 2.75) is 26.8 Å². The molecule has 1 aromatic carbocycles. The summed E-state index contributed by atoms with van der Waals surface area (Å²) in [6.45, 7) is 3.79. The van der Waals surface area contributed by atoms with E-state index in [0.29, 0.717) is 0 Å². The molecule has 0 saturated carbocycles. The monoisotopic (exact) mass is 353 g/mol. The minimum Gasteiger partial charge on any atom is -0.464 e. The van der Waals surface area contributed by atoms with Gasteiger partial charge in [0.1, 0.15) is 12.1 Å². The highest BCUT2D eigenvalue weighted by Crippen LogP contribution is 2.26. The Bertz CT molecular complexity index is 1030. The molecule has 0 atom stereocenters. The van der Waals surface area contributed by atoms with Gasteiger partial charge in [-0.1, -0.05) is 18.2 Å². The average molecular weight is 353 g/mol. The van der Waals surface area contributed by atoms with Crippen LogP contribution in [-0.4, -0.2) is 16.4 Å². The molecular weight excluding hydrogens is 334 g/mol. The summed E-state index contributed by atoms with van der Waals surface area (Å²) >= 11 is 0. The van der Waals surface area contributed by atoms with Crippen LogP contribution in [0.1, 0.15) is 16.7 Å². The number of pyridine rings is 1. The van der Waals surface area contributed by atoms with Crippen LogP contribution in [0.4, 0.5) is 0 Å². The standard InChI is InChI=1S/C19H19N3O4/c1-12-6-7-15-14(11-26-19(15)13(12)2)9-16(23)20-21-17(24)10-22-8-4-3-5-18(22)25/h3-8,11H,9-10H2,1-2H3,(H,20,23)(H,21,24). The zero-order chi connectivity index (χ0) is 18.7. The number of hydrogen-bond acceptors (Lipinski definition) is 4. The molecular formula is C19H19N3O4. The number of benzene rings is 1. The van der Waals surface area contributed by atoms with Crippen molar-refractivity contribution in [2.24, 2.45) is 0 Å². The van der Waals surface area contributed by atoms with E-state index >= 15 is 0 Å². The minimum absolute atomic E-state index is 0.0705. The lowest BCUT2D eigenvalue weighted by molar-refractivity contribution is -0.128. The molecule has 0 spiro atoms. The largest absolute Gasteiger partial charge is 0.464 e. The third-order valence-corrected chi connectivity index (χ3v) is 4.25. The van der Waals surface area contributed by atoms with Gasteiger partial charge < -0.3 is 8.98 Å². The predicted octanol–water partition coefficient (Wildman–Crippen LogP) is 1.60. The van der Waals surface area contributed by atoms with Gasteiger partial charge in [0, 0.05) is 23.2 Å². The van der Waals surface area contributed by atoms with Crippen LogP contribution in [-0.2, 0) is 22.6 Å². The van der Waals surface area contributed by atoms with Crippen LogP contribution in [0.5, 0.6) is 0 Å². The molecule has 2 aromatic heterocycles. The number of hydrazine groups is 1. The SMILES string of the molecule is Cc1ccc2c(CC(=O)NNC(=O)Cn3ccccc3=O)coc2c1C. The van der Waals surface area contributed by atoms with Gasteiger partial charge in [-0.25, -0.2) is 0 Å². The van der Waals surface area contributed by atoms with Gasteiger partial charge in [-0.2, -0.15) is 0 Å². The number of nitrogens with zero attached hydrogens (tertiary/aromatic N) is 1. The van der Waals surface area contributed by atoms with E-state index < -0.39 is 5.91 Å². The van der Waals surface area contributed by atoms with E-state index in [9.17, 15) is 14.4 Å². The lowest BCUT2D eigenvalue weighted by atomic mass is 10.0. The molecule has 0 saturated heterocycles. The van der Waals surface area contributed by atoms with Gasteiger partial charge >= 0.3 is 0 Å². The van der Waals surface area contributed by atoms with E-state index in [1.165, 1.54) is 16.8 Å². The molecule has 0 aliphatic rings. The number of hydrogen-bond donors (Lipinski definition) is 2. The fourth-order valence-corrected chi connectivity index (χ4v) is 2.67. The van der Waals surface area contributed by atoms with Crippen LogP contribution in [0.15, 0.2) is 52.0 Å². The molecule has 2 amide bonds. The van der Waals surface area contributed by atoms with Gasteiger partial charge in [0.05, 0.1) is 12.7 Å². The second kappa shape index (κ2) is 7.26. The smallest absolute Gasteiger partial charge is 0.258 e. The maximum absolute atomic E-state index is 12.1. The first-order valence-electron chi connectivity index (χ1n) is 8.15. The van der Waals surface area contributed by atoms with Crippen molar-refractivity contribution < 1.29 is 14.0 Å². The molecule has 3 aromatic rings. The lowest BCUT2D eigenvalue weighted by Gasteiger charge is -2.08. The van der Waals surface area contributed by atoms with Crippen LogP contribution >= 0.6 is 0 Å². The van der Waals surface area contributed by atoms with Crippen molar-refractivity contribution in [3.05, 3.63) is 69.8 Å². The van der Waals surface area contributed by atoms with Crippen LogP contribution in [0, 0.1) is 13.8 Å². The molecule has 2 N–H and O–H groups in total. The summed E-state index contributed by atoms with van der Waals surface area (Å²) in [5, 5.41) is 0.880. The second-order valence-corrected chi connectivity index (χ2v) is 6.08. The summed E-state index contributed by atoms with van der Waals surface area (Å²) in [5.74, 6) is -0.866. The number of nitrogens with one attached hydrogen (secondary N) is 2. The molecule has 0 fully saturated rings. The number of aromatic nitrogens is 1. The third-order valence-electron chi connectivity index (χ3n) is 4.25. The Labute approximate surface area is 149 Å². The Morgan fingerprint density at radius 2 is 1.85 bits per heavy atom. The summed E-state index contributed by atoms with van der Waals surface area (Å²) < 4.78 is 6.82. The molecule has 7 nitrogen and oxygen atoms in total. The van der Waals surface area contributed by atoms with Crippen LogP contribution in [0.25, 0.3) is 11.0 Å². The maximum Gasteiger partial charge on any atom is 0.258 e. The van der Waals surface area contributed by atoms with Gasteiger partial charge in [0.25, 0.3) is 11.5 Å². The Balaban J connectivity index is 1.59. The quantitative estimate of drug-likeness (QED) is 0.697. The topological polar surface area (TPSA) is 93.3 Å². The molecule has 0 unspecified atom stereocenters. The van der Waals surface area contributed by atoms with Crippen molar-refractivity contribution >= 4 is 22.8 Å². The first kappa shape index (κ1) is 17.5. The molecule has 2 heterocycles. The molecule has 0 bridgehead atoms. The zero-order valence-corrected chi connectivity index (χ0v) is 14.5. The number of amides is 2. The van der Waals surface area contributed by atoms with Crippen molar-refractivity contribution in [2.75, 3.05) is 0 Å². The molecule has 26 heavy (non-hydrogen) atoms. The maximum atomic E-state index is 12.1. The summed E-state index contributed by atoms with van der Waals surface area (Å²) in [7, 11) is 0. The number of furan rings is 1. The minimum atomic E-state index is -0.491. The van der Waals surface area contributed by atoms with Crippen LogP contribution in [0.3, 0.4) is 0 Å². The first-order chi connectivity index (χ1) is 12.5. The number of aryl methyl sites for hydroxylation is 2. The molecule has 134 valence electrons. The van der Waals surface area contributed by atoms with Gasteiger partial charge in [-0.15, -0.1) is 0 Å². The number of fused-ring (bicyclic) bond motifs is 1. The van der Waals surface area contributed by atoms with Gasteiger partial charge in [0.15, 0.2) is 0 Å².